The molecule has 0 aliphatic rings. The van der Waals surface area contributed by atoms with Crippen molar-refractivity contribution in [3.8, 4) is 6.07 Å². The van der Waals surface area contributed by atoms with Crippen molar-refractivity contribution < 1.29 is 9.53 Å². The van der Waals surface area contributed by atoms with Crippen LogP contribution >= 0.6 is 0 Å². The van der Waals surface area contributed by atoms with Crippen LogP contribution in [-0.4, -0.2) is 37.6 Å². The average Bonchev–Trinajstić information content (AvgIpc) is 2.41. The lowest BCUT2D eigenvalue weighted by molar-refractivity contribution is 0.0700. The molecule has 1 amide bonds. The second-order valence-corrected chi connectivity index (χ2v) is 4.26. The zero-order chi connectivity index (χ0) is 14.3. The van der Waals surface area contributed by atoms with Crippen LogP contribution in [0.1, 0.15) is 22.3 Å². The van der Waals surface area contributed by atoms with Gasteiger partial charge >= 0.3 is 0 Å². The molecule has 0 fully saturated rings. The van der Waals surface area contributed by atoms with Crippen LogP contribution in [0, 0.1) is 18.3 Å². The Balaban J connectivity index is 2.84. The molecule has 19 heavy (non-hydrogen) atoms. The van der Waals surface area contributed by atoms with Crippen LogP contribution in [0.2, 0.25) is 0 Å². The van der Waals surface area contributed by atoms with Gasteiger partial charge in [0, 0.05) is 31.5 Å². The van der Waals surface area contributed by atoms with Crippen LogP contribution in [0.5, 0.6) is 0 Å². The first kappa shape index (κ1) is 15.0. The Kier molecular flexibility index (Phi) is 5.83. The molecule has 5 nitrogen and oxygen atoms in total. The van der Waals surface area contributed by atoms with E-state index in [1.165, 1.54) is 0 Å². The topological polar surface area (TPSA) is 79.3 Å². The number of hydrogen-bond donors (Lipinski definition) is 1. The van der Waals surface area contributed by atoms with Gasteiger partial charge in [0.25, 0.3) is 5.91 Å². The fourth-order valence-corrected chi connectivity index (χ4v) is 1.66. The first-order valence-electron chi connectivity index (χ1n) is 6.11. The first-order valence-corrected chi connectivity index (χ1v) is 6.11. The van der Waals surface area contributed by atoms with Gasteiger partial charge in [0.15, 0.2) is 0 Å². The lowest BCUT2D eigenvalue weighted by atomic mass is 10.1. The van der Waals surface area contributed by atoms with Gasteiger partial charge in [-0.2, -0.15) is 5.26 Å². The van der Waals surface area contributed by atoms with Gasteiger partial charge in [0.05, 0.1) is 19.1 Å². The maximum Gasteiger partial charge on any atom is 0.254 e. The second-order valence-electron chi connectivity index (χ2n) is 4.26. The molecule has 2 N–H and O–H groups in total. The van der Waals surface area contributed by atoms with Gasteiger partial charge < -0.3 is 15.4 Å². The van der Waals surface area contributed by atoms with Gasteiger partial charge in [-0.15, -0.1) is 0 Å². The normalized spacial score (nSPS) is 9.95. The van der Waals surface area contributed by atoms with E-state index in [0.29, 0.717) is 37.4 Å². The van der Waals surface area contributed by atoms with E-state index in [-0.39, 0.29) is 5.91 Å². The summed E-state index contributed by atoms with van der Waals surface area (Å²) in [7, 11) is 1.58. The Morgan fingerprint density at radius 1 is 1.47 bits per heavy atom. The van der Waals surface area contributed by atoms with Crippen LogP contribution in [0.3, 0.4) is 0 Å². The molecule has 0 radical (unpaired) electrons. The Labute approximate surface area is 113 Å². The molecule has 0 spiro atoms. The van der Waals surface area contributed by atoms with E-state index in [1.807, 2.05) is 19.1 Å². The monoisotopic (exact) mass is 261 g/mol. The highest BCUT2D eigenvalue weighted by Gasteiger charge is 2.15. The number of nitrogen functional groups attached to an aromatic ring is 1. The minimum atomic E-state index is -0.126. The van der Waals surface area contributed by atoms with Crippen LogP contribution in [0.25, 0.3) is 0 Å². The number of carbonyl (C=O) groups is 1. The van der Waals surface area contributed by atoms with Crippen molar-refractivity contribution in [3.63, 3.8) is 0 Å². The van der Waals surface area contributed by atoms with Gasteiger partial charge in [0.2, 0.25) is 0 Å². The highest BCUT2D eigenvalue weighted by molar-refractivity contribution is 5.95. The standard InChI is InChI=1S/C14H19N3O2/c1-11-4-5-12(10-13(11)16)14(18)17(7-3-6-15)8-9-19-2/h4-5,10H,3,7-9,16H2,1-2H3. The fraction of sp³-hybridized carbons (Fsp3) is 0.429. The van der Waals surface area contributed by atoms with Gasteiger partial charge in [-0.25, -0.2) is 0 Å². The van der Waals surface area contributed by atoms with E-state index in [2.05, 4.69) is 0 Å². The average molecular weight is 261 g/mol. The number of hydrogen-bond acceptors (Lipinski definition) is 4. The van der Waals surface area contributed by atoms with Crippen molar-refractivity contribution in [2.75, 3.05) is 32.5 Å². The molecule has 0 aliphatic heterocycles. The lowest BCUT2D eigenvalue weighted by Gasteiger charge is -2.21. The summed E-state index contributed by atoms with van der Waals surface area (Å²) >= 11 is 0. The van der Waals surface area contributed by atoms with Crippen LogP contribution in [0.4, 0.5) is 5.69 Å². The second kappa shape index (κ2) is 7.39. The van der Waals surface area contributed by atoms with Gasteiger partial charge in [0.1, 0.15) is 0 Å². The maximum atomic E-state index is 12.3. The summed E-state index contributed by atoms with van der Waals surface area (Å²) in [6.45, 7) is 3.19. The van der Waals surface area contributed by atoms with Crippen LogP contribution in [0.15, 0.2) is 18.2 Å². The SMILES string of the molecule is COCCN(CCC#N)C(=O)c1ccc(C)c(N)c1. The lowest BCUT2D eigenvalue weighted by Crippen LogP contribution is -2.34. The van der Waals surface area contributed by atoms with Crippen molar-refractivity contribution in [2.24, 2.45) is 0 Å². The summed E-state index contributed by atoms with van der Waals surface area (Å²) in [6.07, 6.45) is 0.302. The van der Waals surface area contributed by atoms with Crippen LogP contribution in [-0.2, 0) is 4.74 Å². The molecule has 0 heterocycles. The predicted octanol–water partition coefficient (Wildman–Crippen LogP) is 1.58. The zero-order valence-corrected chi connectivity index (χ0v) is 11.3. The highest BCUT2D eigenvalue weighted by atomic mass is 16.5. The number of nitrogens with two attached hydrogens (primary N) is 1. The molecular weight excluding hydrogens is 242 g/mol. The fourth-order valence-electron chi connectivity index (χ4n) is 1.66. The summed E-state index contributed by atoms with van der Waals surface area (Å²) in [5.74, 6) is -0.126. The van der Waals surface area contributed by atoms with Crippen molar-refractivity contribution in [2.45, 2.75) is 13.3 Å². The Morgan fingerprint density at radius 2 is 2.21 bits per heavy atom. The quantitative estimate of drug-likeness (QED) is 0.788. The molecule has 0 aromatic heterocycles. The molecular formula is C14H19N3O2. The van der Waals surface area contributed by atoms with Crippen molar-refractivity contribution in [1.82, 2.24) is 4.90 Å². The van der Waals surface area contributed by atoms with E-state index in [9.17, 15) is 4.79 Å². The van der Waals surface area contributed by atoms with E-state index in [4.69, 9.17) is 15.7 Å². The molecule has 102 valence electrons. The van der Waals surface area contributed by atoms with E-state index < -0.39 is 0 Å². The summed E-state index contributed by atoms with van der Waals surface area (Å²) in [5, 5.41) is 8.63. The number of nitriles is 1. The Morgan fingerprint density at radius 3 is 2.79 bits per heavy atom. The molecule has 1 aromatic rings. The van der Waals surface area contributed by atoms with E-state index in [1.54, 1.807) is 24.1 Å². The number of methoxy groups -OCH3 is 1. The molecule has 0 saturated heterocycles. The predicted molar refractivity (Wildman–Crippen MR) is 73.6 cm³/mol. The Hall–Kier alpha value is -2.06. The number of rotatable bonds is 6. The van der Waals surface area contributed by atoms with Gasteiger partial charge in [-0.05, 0) is 24.6 Å². The van der Waals surface area contributed by atoms with E-state index in [0.717, 1.165) is 5.56 Å². The molecule has 1 aromatic carbocycles. The van der Waals surface area contributed by atoms with E-state index >= 15 is 0 Å². The maximum absolute atomic E-state index is 12.3. The third-order valence-corrected chi connectivity index (χ3v) is 2.87. The number of anilines is 1. The number of benzene rings is 1. The zero-order valence-electron chi connectivity index (χ0n) is 11.3. The summed E-state index contributed by atoms with van der Waals surface area (Å²) in [6, 6.07) is 7.28. The Bertz CT molecular complexity index is 480. The smallest absolute Gasteiger partial charge is 0.254 e. The molecule has 0 aliphatic carbocycles. The molecule has 5 heteroatoms. The van der Waals surface area contributed by atoms with Crippen LogP contribution < -0.4 is 5.73 Å². The molecule has 0 atom stereocenters. The number of carbonyl (C=O) groups excluding carboxylic acids is 1. The van der Waals surface area contributed by atoms with Gasteiger partial charge in [-0.1, -0.05) is 6.07 Å². The third-order valence-electron chi connectivity index (χ3n) is 2.87. The number of aryl methyl sites for hydroxylation is 1. The third kappa shape index (κ3) is 4.27. The number of ether oxygens (including phenoxy) is 1. The minimum Gasteiger partial charge on any atom is -0.398 e. The van der Waals surface area contributed by atoms with Crippen molar-refractivity contribution >= 4 is 11.6 Å². The van der Waals surface area contributed by atoms with Gasteiger partial charge in [-0.3, -0.25) is 4.79 Å². The largest absolute Gasteiger partial charge is 0.398 e. The molecule has 0 unspecified atom stereocenters. The van der Waals surface area contributed by atoms with Crippen molar-refractivity contribution in [3.05, 3.63) is 29.3 Å². The summed E-state index contributed by atoms with van der Waals surface area (Å²) < 4.78 is 4.98. The van der Waals surface area contributed by atoms with Crippen molar-refractivity contribution in [1.29, 1.82) is 5.26 Å². The molecule has 1 rings (SSSR count). The number of amides is 1. The first-order chi connectivity index (χ1) is 9.10. The summed E-state index contributed by atoms with van der Waals surface area (Å²) in [4.78, 5) is 13.9. The summed E-state index contributed by atoms with van der Waals surface area (Å²) in [5.41, 5.74) is 7.89. The molecule has 0 bridgehead atoms. The minimum absolute atomic E-state index is 0.126. The number of nitrogens with zero attached hydrogens (tertiary/aromatic N) is 2. The highest BCUT2D eigenvalue weighted by Crippen LogP contribution is 2.14. The molecule has 0 saturated carbocycles.